The zero-order chi connectivity index (χ0) is 21.3. The highest BCUT2D eigenvalue weighted by molar-refractivity contribution is 6.04. The number of fused-ring (bicyclic) bond motifs is 1. The minimum atomic E-state index is -0.273. The van der Waals surface area contributed by atoms with Gasteiger partial charge in [-0.2, -0.15) is 5.10 Å². The second-order valence-electron chi connectivity index (χ2n) is 7.95. The third kappa shape index (κ3) is 3.92. The molecular weight excluding hydrogens is 383 g/mol. The van der Waals surface area contributed by atoms with E-state index < -0.39 is 0 Å². The fourth-order valence-corrected chi connectivity index (χ4v) is 3.93. The van der Waals surface area contributed by atoms with Gasteiger partial charge in [0.05, 0.1) is 11.4 Å². The number of benzene rings is 2. The largest absolute Gasteiger partial charge is 0.371 e. The number of carbonyl (C=O) groups is 1. The van der Waals surface area contributed by atoms with Crippen LogP contribution in [-0.4, -0.2) is 34.8 Å². The average molecular weight is 408 g/mol. The Morgan fingerprint density at radius 3 is 2.47 bits per heavy atom. The van der Waals surface area contributed by atoms with Gasteiger partial charge in [0.15, 0.2) is 5.69 Å². The molecule has 1 aromatic heterocycles. The molecule has 6 nitrogen and oxygen atoms in total. The van der Waals surface area contributed by atoms with Crippen molar-refractivity contribution in [3.63, 3.8) is 0 Å². The maximum Gasteiger partial charge on any atom is 0.274 e. The lowest BCUT2D eigenvalue weighted by molar-refractivity contribution is 0.0925. The molecule has 156 valence electrons. The summed E-state index contributed by atoms with van der Waals surface area (Å²) in [4.78, 5) is 27.8. The molecule has 2 aromatic carbocycles. The third-order valence-electron chi connectivity index (χ3n) is 5.54. The van der Waals surface area contributed by atoms with Gasteiger partial charge in [0, 0.05) is 30.2 Å². The normalized spacial score (nSPS) is 15.0. The summed E-state index contributed by atoms with van der Waals surface area (Å²) in [6, 6.07) is 13.5. The van der Waals surface area contributed by atoms with E-state index in [-0.39, 0.29) is 35.1 Å². The van der Waals surface area contributed by atoms with E-state index >= 15 is 0 Å². The van der Waals surface area contributed by atoms with E-state index in [9.17, 15) is 14.0 Å². The molecule has 2 heterocycles. The molecule has 0 spiro atoms. The molecule has 1 aliphatic heterocycles. The number of carbonyl (C=O) groups excluding carboxylic acids is 1. The smallest absolute Gasteiger partial charge is 0.274 e. The average Bonchev–Trinajstić information content (AvgIpc) is 2.74. The summed E-state index contributed by atoms with van der Waals surface area (Å²) < 4.78 is 14.9. The highest BCUT2D eigenvalue weighted by Gasteiger charge is 2.24. The van der Waals surface area contributed by atoms with Crippen molar-refractivity contribution in [1.29, 1.82) is 0 Å². The van der Waals surface area contributed by atoms with Crippen molar-refractivity contribution >= 4 is 22.4 Å². The maximum atomic E-state index is 13.5. The first-order valence-electron chi connectivity index (χ1n) is 10.3. The van der Waals surface area contributed by atoms with E-state index in [1.165, 1.54) is 16.8 Å². The molecule has 0 saturated carbocycles. The topological polar surface area (TPSA) is 67.2 Å². The molecule has 4 rings (SSSR count). The van der Waals surface area contributed by atoms with Crippen LogP contribution in [0.5, 0.6) is 0 Å². The van der Waals surface area contributed by atoms with E-state index in [0.29, 0.717) is 10.8 Å². The van der Waals surface area contributed by atoms with Crippen molar-refractivity contribution < 1.29 is 9.18 Å². The van der Waals surface area contributed by atoms with E-state index in [1.54, 1.807) is 30.3 Å². The van der Waals surface area contributed by atoms with Crippen molar-refractivity contribution in [1.82, 2.24) is 15.1 Å². The molecule has 1 aliphatic rings. The second-order valence-corrected chi connectivity index (χ2v) is 7.95. The Morgan fingerprint density at radius 1 is 1.10 bits per heavy atom. The number of nitrogens with one attached hydrogen (secondary N) is 1. The number of amides is 1. The summed E-state index contributed by atoms with van der Waals surface area (Å²) in [5.74, 6) is -0.522. The van der Waals surface area contributed by atoms with Crippen LogP contribution in [-0.2, 0) is 0 Å². The first-order valence-corrected chi connectivity index (χ1v) is 10.3. The number of piperidine rings is 1. The lowest BCUT2D eigenvalue weighted by Gasteiger charge is -2.34. The van der Waals surface area contributed by atoms with Gasteiger partial charge in [-0.05, 0) is 51.0 Å². The van der Waals surface area contributed by atoms with Crippen LogP contribution in [0, 0.1) is 5.82 Å². The fourth-order valence-electron chi connectivity index (χ4n) is 3.93. The van der Waals surface area contributed by atoms with Gasteiger partial charge in [-0.3, -0.25) is 9.59 Å². The third-order valence-corrected chi connectivity index (χ3v) is 5.54. The summed E-state index contributed by atoms with van der Waals surface area (Å²) in [7, 11) is 0. The number of hydrogen-bond acceptors (Lipinski definition) is 4. The Balaban J connectivity index is 1.52. The quantitative estimate of drug-likeness (QED) is 0.717. The van der Waals surface area contributed by atoms with Gasteiger partial charge >= 0.3 is 0 Å². The lowest BCUT2D eigenvalue weighted by Crippen LogP contribution is -2.45. The molecule has 7 heteroatoms. The van der Waals surface area contributed by atoms with Crippen molar-refractivity contribution in [2.24, 2.45) is 0 Å². The number of aromatic nitrogens is 2. The molecule has 0 aliphatic carbocycles. The van der Waals surface area contributed by atoms with Crippen LogP contribution >= 0.6 is 0 Å². The minimum absolute atomic E-state index is 0.00213. The summed E-state index contributed by atoms with van der Waals surface area (Å²) in [6.45, 7) is 5.20. The molecule has 30 heavy (non-hydrogen) atoms. The number of rotatable bonds is 4. The zero-order valence-corrected chi connectivity index (χ0v) is 17.1. The summed E-state index contributed by atoms with van der Waals surface area (Å²) in [6.07, 6.45) is 1.51. The Hall–Kier alpha value is -3.22. The van der Waals surface area contributed by atoms with Crippen molar-refractivity contribution in [3.8, 4) is 0 Å². The summed E-state index contributed by atoms with van der Waals surface area (Å²) in [5, 5.41) is 8.51. The number of halogens is 1. The van der Waals surface area contributed by atoms with Crippen LogP contribution in [0.2, 0.25) is 0 Å². The first kappa shape index (κ1) is 20.1. The monoisotopic (exact) mass is 408 g/mol. The van der Waals surface area contributed by atoms with Crippen LogP contribution in [0.25, 0.3) is 10.8 Å². The van der Waals surface area contributed by atoms with E-state index in [0.717, 1.165) is 31.6 Å². The predicted octanol–water partition coefficient (Wildman–Crippen LogP) is 3.52. The van der Waals surface area contributed by atoms with Gasteiger partial charge in [0.1, 0.15) is 5.82 Å². The van der Waals surface area contributed by atoms with Gasteiger partial charge in [-0.25, -0.2) is 9.07 Å². The van der Waals surface area contributed by atoms with Crippen LogP contribution in [0.15, 0.2) is 53.3 Å². The van der Waals surface area contributed by atoms with Crippen molar-refractivity contribution in [2.75, 3.05) is 18.0 Å². The Labute approximate surface area is 174 Å². The summed E-state index contributed by atoms with van der Waals surface area (Å²) in [5.41, 5.74) is 0.934. The van der Waals surface area contributed by atoms with E-state index in [2.05, 4.69) is 15.3 Å². The first-order chi connectivity index (χ1) is 14.4. The van der Waals surface area contributed by atoms with E-state index in [4.69, 9.17) is 0 Å². The molecule has 0 radical (unpaired) electrons. The molecule has 1 fully saturated rings. The van der Waals surface area contributed by atoms with Gasteiger partial charge in [-0.1, -0.05) is 24.3 Å². The Bertz CT molecular complexity index is 1130. The molecule has 1 saturated heterocycles. The number of anilines is 1. The van der Waals surface area contributed by atoms with E-state index in [1.807, 2.05) is 19.9 Å². The highest BCUT2D eigenvalue weighted by Crippen LogP contribution is 2.21. The van der Waals surface area contributed by atoms with Crippen LogP contribution in [0.3, 0.4) is 0 Å². The van der Waals surface area contributed by atoms with Gasteiger partial charge in [0.25, 0.3) is 11.5 Å². The minimum Gasteiger partial charge on any atom is -0.371 e. The number of nitrogens with zero attached hydrogens (tertiary/aromatic N) is 3. The number of hydrogen-bond donors (Lipinski definition) is 1. The lowest BCUT2D eigenvalue weighted by atomic mass is 10.0. The Kier molecular flexibility index (Phi) is 5.53. The van der Waals surface area contributed by atoms with Crippen LogP contribution in [0.4, 0.5) is 10.1 Å². The molecule has 0 atom stereocenters. The standard InChI is InChI=1S/C23H25FN4O2/c1-15(2)28-23(30)20-9-4-3-8-19(20)21(26-28)22(29)25-17-10-12-27(13-11-17)18-7-5-6-16(24)14-18/h3-9,14-15,17H,10-13H2,1-2H3,(H,25,29). The molecule has 0 unspecified atom stereocenters. The Morgan fingerprint density at radius 2 is 1.80 bits per heavy atom. The fraction of sp³-hybridized carbons (Fsp3) is 0.348. The molecule has 1 amide bonds. The highest BCUT2D eigenvalue weighted by atomic mass is 19.1. The van der Waals surface area contributed by atoms with Gasteiger partial charge in [0.2, 0.25) is 0 Å². The van der Waals surface area contributed by atoms with Gasteiger partial charge < -0.3 is 10.2 Å². The zero-order valence-electron chi connectivity index (χ0n) is 17.1. The SMILES string of the molecule is CC(C)n1nc(C(=O)NC2CCN(c3cccc(F)c3)CC2)c2ccccc2c1=O. The molecular formula is C23H25FN4O2. The molecule has 3 aromatic rings. The van der Waals surface area contributed by atoms with Crippen molar-refractivity contribution in [2.45, 2.75) is 38.8 Å². The molecule has 1 N–H and O–H groups in total. The predicted molar refractivity (Wildman–Crippen MR) is 115 cm³/mol. The maximum absolute atomic E-state index is 13.5. The van der Waals surface area contributed by atoms with Crippen LogP contribution < -0.4 is 15.8 Å². The van der Waals surface area contributed by atoms with Crippen molar-refractivity contribution in [3.05, 3.63) is 70.4 Å². The molecule has 0 bridgehead atoms. The summed E-state index contributed by atoms with van der Waals surface area (Å²) >= 11 is 0. The van der Waals surface area contributed by atoms with Crippen LogP contribution in [0.1, 0.15) is 43.2 Å². The second kappa shape index (κ2) is 8.26. The van der Waals surface area contributed by atoms with Gasteiger partial charge in [-0.15, -0.1) is 0 Å².